The van der Waals surface area contributed by atoms with E-state index >= 15 is 0 Å². The topological polar surface area (TPSA) is 12.9 Å². The van der Waals surface area contributed by atoms with E-state index in [2.05, 4.69) is 4.98 Å². The first-order chi connectivity index (χ1) is 7.11. The number of halogens is 7. The minimum absolute atomic E-state index is 0.277. The van der Waals surface area contributed by atoms with Crippen molar-refractivity contribution in [2.24, 2.45) is 0 Å². The van der Waals surface area contributed by atoms with Gasteiger partial charge in [-0.2, -0.15) is 30.7 Å². The monoisotopic (exact) mass is 246 g/mol. The second-order valence-corrected chi connectivity index (χ2v) is 2.82. The van der Waals surface area contributed by atoms with Gasteiger partial charge in [-0.05, 0) is 12.1 Å². The molecular formula is C8H3F7N. The predicted molar refractivity (Wildman–Crippen MR) is 38.0 cm³/mol. The molecule has 16 heavy (non-hydrogen) atoms. The smallest absolute Gasteiger partial charge is 0.255 e. The lowest BCUT2D eigenvalue weighted by Crippen LogP contribution is -2.50. The molecular weight excluding hydrogens is 243 g/mol. The van der Waals surface area contributed by atoms with Gasteiger partial charge >= 0.3 is 18.0 Å². The lowest BCUT2D eigenvalue weighted by molar-refractivity contribution is -0.359. The largest absolute Gasteiger partial charge is 0.460 e. The van der Waals surface area contributed by atoms with E-state index in [1.54, 1.807) is 6.20 Å². The maximum Gasteiger partial charge on any atom is 0.460 e. The molecule has 0 aliphatic heterocycles. The fourth-order valence-corrected chi connectivity index (χ4v) is 0.870. The number of hydrogen-bond acceptors (Lipinski definition) is 1. The normalized spacial score (nSPS) is 13.9. The summed E-state index contributed by atoms with van der Waals surface area (Å²) in [5.74, 6) is -11.5. The van der Waals surface area contributed by atoms with Crippen LogP contribution in [0, 0.1) is 6.20 Å². The maximum absolute atomic E-state index is 12.9. The highest BCUT2D eigenvalue weighted by Gasteiger charge is 2.73. The Labute approximate surface area is 84.9 Å². The van der Waals surface area contributed by atoms with Crippen LogP contribution in [0.4, 0.5) is 30.7 Å². The molecule has 0 amide bonds. The zero-order chi connectivity index (χ0) is 12.6. The summed E-state index contributed by atoms with van der Waals surface area (Å²) in [5.41, 5.74) is -1.50. The third kappa shape index (κ3) is 1.83. The van der Waals surface area contributed by atoms with Crippen molar-refractivity contribution < 1.29 is 30.7 Å². The lowest BCUT2D eigenvalue weighted by atomic mass is 10.0. The van der Waals surface area contributed by atoms with Crippen LogP contribution < -0.4 is 0 Å². The van der Waals surface area contributed by atoms with Crippen molar-refractivity contribution in [2.45, 2.75) is 18.0 Å². The van der Waals surface area contributed by atoms with Crippen LogP contribution >= 0.6 is 0 Å². The molecule has 0 unspecified atom stereocenters. The van der Waals surface area contributed by atoms with Gasteiger partial charge in [0.1, 0.15) is 0 Å². The van der Waals surface area contributed by atoms with Crippen LogP contribution in [0.25, 0.3) is 0 Å². The van der Waals surface area contributed by atoms with E-state index < -0.39 is 23.6 Å². The Bertz CT molecular complexity index is 356. The highest BCUT2D eigenvalue weighted by atomic mass is 19.4. The summed E-state index contributed by atoms with van der Waals surface area (Å²) < 4.78 is 86.1. The molecule has 1 rings (SSSR count). The molecule has 0 atom stereocenters. The quantitative estimate of drug-likeness (QED) is 0.730. The van der Waals surface area contributed by atoms with Gasteiger partial charge < -0.3 is 0 Å². The summed E-state index contributed by atoms with van der Waals surface area (Å²) >= 11 is 0. The Morgan fingerprint density at radius 3 is 1.94 bits per heavy atom. The van der Waals surface area contributed by atoms with Gasteiger partial charge in [-0.25, -0.2) is 0 Å². The van der Waals surface area contributed by atoms with Crippen LogP contribution in [0.15, 0.2) is 18.3 Å². The Balaban J connectivity index is 3.22. The molecule has 1 nitrogen and oxygen atoms in total. The van der Waals surface area contributed by atoms with Crippen LogP contribution in [0.3, 0.4) is 0 Å². The fraction of sp³-hybridized carbons (Fsp3) is 0.375. The van der Waals surface area contributed by atoms with Crippen LogP contribution in [0.2, 0.25) is 0 Å². The molecule has 0 saturated heterocycles. The van der Waals surface area contributed by atoms with E-state index in [0.29, 0.717) is 12.3 Å². The molecule has 0 fully saturated rings. The van der Waals surface area contributed by atoms with Crippen molar-refractivity contribution in [3.63, 3.8) is 0 Å². The second-order valence-electron chi connectivity index (χ2n) is 2.82. The van der Waals surface area contributed by atoms with Crippen LogP contribution in [-0.2, 0) is 5.92 Å². The molecule has 0 aliphatic carbocycles. The number of hydrogen-bond donors (Lipinski definition) is 0. The summed E-state index contributed by atoms with van der Waals surface area (Å²) in [7, 11) is 0. The Morgan fingerprint density at radius 1 is 1.00 bits per heavy atom. The first-order valence-corrected chi connectivity index (χ1v) is 3.75. The van der Waals surface area contributed by atoms with Crippen LogP contribution in [0.1, 0.15) is 5.56 Å². The standard InChI is InChI=1S/C8H3F7N/c9-6(10,5-1-3-16-4-2-5)7(11,12)8(13,14)15/h1-3H. The molecule has 8 heteroatoms. The van der Waals surface area contributed by atoms with Crippen molar-refractivity contribution >= 4 is 0 Å². The molecule has 0 spiro atoms. The first kappa shape index (κ1) is 12.7. The number of rotatable bonds is 2. The van der Waals surface area contributed by atoms with Gasteiger partial charge in [0.05, 0.1) is 6.20 Å². The third-order valence-corrected chi connectivity index (χ3v) is 1.74. The molecule has 0 N–H and O–H groups in total. The molecule has 0 aliphatic rings. The number of nitrogens with zero attached hydrogens (tertiary/aromatic N) is 1. The molecule has 1 aromatic heterocycles. The summed E-state index contributed by atoms with van der Waals surface area (Å²) in [5, 5.41) is 0. The minimum Gasteiger partial charge on any atom is -0.255 e. The van der Waals surface area contributed by atoms with E-state index in [-0.39, 0.29) is 6.07 Å². The number of aromatic nitrogens is 1. The van der Waals surface area contributed by atoms with Gasteiger partial charge in [0, 0.05) is 11.8 Å². The van der Waals surface area contributed by atoms with Crippen LogP contribution in [-0.4, -0.2) is 17.1 Å². The van der Waals surface area contributed by atoms with Crippen LogP contribution in [0.5, 0.6) is 0 Å². The van der Waals surface area contributed by atoms with Crippen molar-refractivity contribution in [3.05, 3.63) is 30.1 Å². The van der Waals surface area contributed by atoms with E-state index in [4.69, 9.17) is 0 Å². The lowest BCUT2D eigenvalue weighted by Gasteiger charge is -2.28. The molecule has 1 radical (unpaired) electrons. The minimum atomic E-state index is -6.33. The zero-order valence-electron chi connectivity index (χ0n) is 7.33. The third-order valence-electron chi connectivity index (χ3n) is 1.74. The Morgan fingerprint density at radius 2 is 1.56 bits per heavy atom. The average molecular weight is 246 g/mol. The molecule has 0 saturated carbocycles. The SMILES string of the molecule is FC(F)(F)C(F)(F)C(F)(F)c1c[c]ncc1. The van der Waals surface area contributed by atoms with Gasteiger partial charge in [0.15, 0.2) is 0 Å². The van der Waals surface area contributed by atoms with E-state index in [1.807, 2.05) is 0 Å². The van der Waals surface area contributed by atoms with Gasteiger partial charge in [-0.1, -0.05) is 0 Å². The van der Waals surface area contributed by atoms with Gasteiger partial charge in [-0.3, -0.25) is 4.98 Å². The molecule has 1 aromatic rings. The average Bonchev–Trinajstić information content (AvgIpc) is 2.17. The Kier molecular flexibility index (Phi) is 2.86. The first-order valence-electron chi connectivity index (χ1n) is 3.75. The second kappa shape index (κ2) is 3.60. The summed E-state index contributed by atoms with van der Waals surface area (Å²) in [6, 6.07) is 0.649. The Hall–Kier alpha value is -1.34. The fourth-order valence-electron chi connectivity index (χ4n) is 0.870. The van der Waals surface area contributed by atoms with Crippen molar-refractivity contribution in [1.29, 1.82) is 0 Å². The molecule has 1 heterocycles. The van der Waals surface area contributed by atoms with Crippen molar-refractivity contribution in [3.8, 4) is 0 Å². The number of alkyl halides is 7. The summed E-state index contributed by atoms with van der Waals surface area (Å²) in [6.07, 6.45) is -3.93. The number of pyridine rings is 1. The van der Waals surface area contributed by atoms with Gasteiger partial charge in [0.25, 0.3) is 0 Å². The van der Waals surface area contributed by atoms with E-state index in [1.165, 1.54) is 0 Å². The zero-order valence-corrected chi connectivity index (χ0v) is 7.33. The van der Waals surface area contributed by atoms with Crippen molar-refractivity contribution in [1.82, 2.24) is 4.98 Å². The summed E-state index contributed by atoms with van der Waals surface area (Å²) in [4.78, 5) is 3.12. The van der Waals surface area contributed by atoms with E-state index in [9.17, 15) is 30.7 Å². The van der Waals surface area contributed by atoms with Gasteiger partial charge in [0.2, 0.25) is 0 Å². The molecule has 0 bridgehead atoms. The highest BCUT2D eigenvalue weighted by Crippen LogP contribution is 2.51. The maximum atomic E-state index is 12.9. The molecule has 0 aromatic carbocycles. The van der Waals surface area contributed by atoms with Gasteiger partial charge in [-0.15, -0.1) is 0 Å². The van der Waals surface area contributed by atoms with Crippen molar-refractivity contribution in [2.75, 3.05) is 0 Å². The predicted octanol–water partition coefficient (Wildman–Crippen LogP) is 3.17. The molecule has 89 valence electrons. The van der Waals surface area contributed by atoms with E-state index in [0.717, 1.165) is 0 Å². The summed E-state index contributed by atoms with van der Waals surface area (Å²) in [6.45, 7) is 0. The highest BCUT2D eigenvalue weighted by molar-refractivity contribution is 5.20.